The fourth-order valence-corrected chi connectivity index (χ4v) is 2.65. The Morgan fingerprint density at radius 3 is 2.41 bits per heavy atom. The summed E-state index contributed by atoms with van der Waals surface area (Å²) < 4.78 is 0.986. The standard InChI is InChI=1S/C13H20BrN3/c1-4-10(5-2)17(3)12-7-6-9(13(15)16)8-11(12)14/h6-8,10H,4-5H2,1-3H3,(H3,15,16). The second kappa shape index (κ2) is 6.05. The molecule has 0 atom stereocenters. The van der Waals surface area contributed by atoms with Crippen LogP contribution in [0, 0.1) is 5.41 Å². The molecular formula is C13H20BrN3. The molecule has 17 heavy (non-hydrogen) atoms. The van der Waals surface area contributed by atoms with E-state index in [0.29, 0.717) is 6.04 Å². The Morgan fingerprint density at radius 2 is 2.00 bits per heavy atom. The van der Waals surface area contributed by atoms with E-state index in [1.54, 1.807) is 0 Å². The molecule has 4 heteroatoms. The van der Waals surface area contributed by atoms with Crippen molar-refractivity contribution >= 4 is 27.5 Å². The number of nitrogens with two attached hydrogens (primary N) is 1. The molecule has 0 saturated heterocycles. The van der Waals surface area contributed by atoms with Crippen LogP contribution in [0.25, 0.3) is 0 Å². The van der Waals surface area contributed by atoms with Gasteiger partial charge in [0.2, 0.25) is 0 Å². The van der Waals surface area contributed by atoms with Crippen molar-refractivity contribution < 1.29 is 0 Å². The summed E-state index contributed by atoms with van der Waals surface area (Å²) in [6, 6.07) is 6.34. The Bertz CT molecular complexity index is 400. The van der Waals surface area contributed by atoms with E-state index in [1.807, 2.05) is 18.2 Å². The molecule has 0 unspecified atom stereocenters. The highest BCUT2D eigenvalue weighted by atomic mass is 79.9. The van der Waals surface area contributed by atoms with Gasteiger partial charge in [0.05, 0.1) is 5.69 Å². The van der Waals surface area contributed by atoms with Gasteiger partial charge < -0.3 is 10.6 Å². The molecule has 3 nitrogen and oxygen atoms in total. The van der Waals surface area contributed by atoms with E-state index in [4.69, 9.17) is 11.1 Å². The van der Waals surface area contributed by atoms with Crippen molar-refractivity contribution in [2.45, 2.75) is 32.7 Å². The minimum Gasteiger partial charge on any atom is -0.384 e. The number of nitrogens with one attached hydrogen (secondary N) is 1. The molecule has 0 bridgehead atoms. The van der Waals surface area contributed by atoms with Crippen LogP contribution >= 0.6 is 15.9 Å². The molecule has 0 aromatic heterocycles. The summed E-state index contributed by atoms with van der Waals surface area (Å²) in [5.41, 5.74) is 7.36. The maximum absolute atomic E-state index is 7.41. The average molecular weight is 298 g/mol. The summed E-state index contributed by atoms with van der Waals surface area (Å²) in [6.45, 7) is 4.39. The Balaban J connectivity index is 3.03. The van der Waals surface area contributed by atoms with Crippen LogP contribution < -0.4 is 10.6 Å². The van der Waals surface area contributed by atoms with Crippen LogP contribution in [0.2, 0.25) is 0 Å². The lowest BCUT2D eigenvalue weighted by Gasteiger charge is -2.29. The largest absolute Gasteiger partial charge is 0.384 e. The van der Waals surface area contributed by atoms with Gasteiger partial charge in [0.25, 0.3) is 0 Å². The first-order chi connectivity index (χ1) is 8.01. The highest BCUT2D eigenvalue weighted by Crippen LogP contribution is 2.29. The highest BCUT2D eigenvalue weighted by molar-refractivity contribution is 9.10. The Morgan fingerprint density at radius 1 is 1.41 bits per heavy atom. The fourth-order valence-electron chi connectivity index (χ4n) is 1.99. The van der Waals surface area contributed by atoms with Crippen molar-refractivity contribution in [3.63, 3.8) is 0 Å². The quantitative estimate of drug-likeness (QED) is 0.647. The third-order valence-corrected chi connectivity index (χ3v) is 3.76. The number of benzene rings is 1. The molecule has 0 aliphatic rings. The lowest BCUT2D eigenvalue weighted by molar-refractivity contribution is 0.591. The van der Waals surface area contributed by atoms with E-state index in [9.17, 15) is 0 Å². The van der Waals surface area contributed by atoms with Crippen molar-refractivity contribution in [3.05, 3.63) is 28.2 Å². The maximum Gasteiger partial charge on any atom is 0.122 e. The first kappa shape index (κ1) is 14.0. The zero-order valence-electron chi connectivity index (χ0n) is 10.6. The van der Waals surface area contributed by atoms with E-state index in [0.717, 1.165) is 28.6 Å². The first-order valence-corrected chi connectivity index (χ1v) is 6.67. The SMILES string of the molecule is CCC(CC)N(C)c1ccc(C(=N)N)cc1Br. The van der Waals surface area contributed by atoms with Gasteiger partial charge in [-0.3, -0.25) is 5.41 Å². The molecule has 0 fully saturated rings. The van der Waals surface area contributed by atoms with Crippen molar-refractivity contribution in [2.75, 3.05) is 11.9 Å². The normalized spacial score (nSPS) is 10.6. The lowest BCUT2D eigenvalue weighted by atomic mass is 10.1. The van der Waals surface area contributed by atoms with Gasteiger partial charge in [0.1, 0.15) is 5.84 Å². The van der Waals surface area contributed by atoms with Gasteiger partial charge in [-0.2, -0.15) is 0 Å². The predicted molar refractivity (Wildman–Crippen MR) is 77.9 cm³/mol. The average Bonchev–Trinajstić information content (AvgIpc) is 2.30. The predicted octanol–water partition coefficient (Wildman–Crippen LogP) is 3.36. The fraction of sp³-hybridized carbons (Fsp3) is 0.462. The van der Waals surface area contributed by atoms with E-state index < -0.39 is 0 Å². The first-order valence-electron chi connectivity index (χ1n) is 5.88. The third-order valence-electron chi connectivity index (χ3n) is 3.13. The van der Waals surface area contributed by atoms with Crippen LogP contribution in [0.4, 0.5) is 5.69 Å². The van der Waals surface area contributed by atoms with E-state index in [2.05, 4.69) is 41.7 Å². The summed E-state index contributed by atoms with van der Waals surface area (Å²) >= 11 is 3.55. The summed E-state index contributed by atoms with van der Waals surface area (Å²) in [4.78, 5) is 2.27. The molecule has 1 rings (SSSR count). The van der Waals surface area contributed by atoms with E-state index >= 15 is 0 Å². The summed E-state index contributed by atoms with van der Waals surface area (Å²) in [6.07, 6.45) is 2.24. The molecule has 3 N–H and O–H groups in total. The van der Waals surface area contributed by atoms with E-state index in [1.165, 1.54) is 0 Å². The van der Waals surface area contributed by atoms with Crippen molar-refractivity contribution in [1.82, 2.24) is 0 Å². The minimum atomic E-state index is 0.0995. The van der Waals surface area contributed by atoms with Crippen molar-refractivity contribution in [2.24, 2.45) is 5.73 Å². The molecule has 0 saturated carbocycles. The number of hydrogen-bond donors (Lipinski definition) is 2. The molecule has 1 aromatic carbocycles. The molecule has 0 aliphatic heterocycles. The number of nitrogen functional groups attached to an aromatic ring is 1. The second-order valence-electron chi connectivity index (χ2n) is 4.16. The zero-order chi connectivity index (χ0) is 13.0. The van der Waals surface area contributed by atoms with Crippen LogP contribution in [0.15, 0.2) is 22.7 Å². The highest BCUT2D eigenvalue weighted by Gasteiger charge is 2.14. The summed E-state index contributed by atoms with van der Waals surface area (Å²) in [5.74, 6) is 0.0995. The number of hydrogen-bond acceptors (Lipinski definition) is 2. The summed E-state index contributed by atoms with van der Waals surface area (Å²) in [7, 11) is 2.10. The van der Waals surface area contributed by atoms with Gasteiger partial charge in [0, 0.05) is 23.1 Å². The number of anilines is 1. The Kier molecular flexibility index (Phi) is 5.00. The molecule has 1 aromatic rings. The zero-order valence-corrected chi connectivity index (χ0v) is 12.2. The van der Waals surface area contributed by atoms with Gasteiger partial charge in [-0.05, 0) is 47.0 Å². The number of amidine groups is 1. The van der Waals surface area contributed by atoms with Crippen LogP contribution in [0.3, 0.4) is 0 Å². The topological polar surface area (TPSA) is 53.1 Å². The van der Waals surface area contributed by atoms with E-state index in [-0.39, 0.29) is 5.84 Å². The third kappa shape index (κ3) is 3.22. The van der Waals surface area contributed by atoms with Crippen molar-refractivity contribution in [1.29, 1.82) is 5.41 Å². The Hall–Kier alpha value is -1.03. The van der Waals surface area contributed by atoms with Gasteiger partial charge in [-0.1, -0.05) is 13.8 Å². The minimum absolute atomic E-state index is 0.0995. The smallest absolute Gasteiger partial charge is 0.122 e. The number of halogens is 1. The number of nitrogens with zero attached hydrogens (tertiary/aromatic N) is 1. The molecule has 0 amide bonds. The maximum atomic E-state index is 7.41. The monoisotopic (exact) mass is 297 g/mol. The molecule has 94 valence electrons. The van der Waals surface area contributed by atoms with Gasteiger partial charge >= 0.3 is 0 Å². The molecule has 0 radical (unpaired) electrons. The number of rotatable bonds is 5. The molecule has 0 aliphatic carbocycles. The molecule has 0 heterocycles. The molecule has 0 spiro atoms. The second-order valence-corrected chi connectivity index (χ2v) is 5.02. The summed E-state index contributed by atoms with van der Waals surface area (Å²) in [5, 5.41) is 7.41. The van der Waals surface area contributed by atoms with Crippen LogP contribution in [0.5, 0.6) is 0 Å². The Labute approximate surface area is 112 Å². The van der Waals surface area contributed by atoms with Crippen LogP contribution in [-0.2, 0) is 0 Å². The van der Waals surface area contributed by atoms with Crippen molar-refractivity contribution in [3.8, 4) is 0 Å². The van der Waals surface area contributed by atoms with Crippen LogP contribution in [-0.4, -0.2) is 18.9 Å². The van der Waals surface area contributed by atoms with Gasteiger partial charge in [0.15, 0.2) is 0 Å². The molecular weight excluding hydrogens is 278 g/mol. The van der Waals surface area contributed by atoms with Gasteiger partial charge in [-0.25, -0.2) is 0 Å². The lowest BCUT2D eigenvalue weighted by Crippen LogP contribution is -2.30. The van der Waals surface area contributed by atoms with Gasteiger partial charge in [-0.15, -0.1) is 0 Å². The van der Waals surface area contributed by atoms with Crippen LogP contribution in [0.1, 0.15) is 32.3 Å².